The maximum absolute atomic E-state index is 2.59. The molecule has 0 N–H and O–H groups in total. The number of rotatable bonds is 2. The summed E-state index contributed by atoms with van der Waals surface area (Å²) in [5.74, 6) is 0.610. The molecule has 0 bridgehead atoms. The number of pyridine rings is 2. The van der Waals surface area contributed by atoms with Crippen molar-refractivity contribution in [3.05, 3.63) is 70.4 Å². The van der Waals surface area contributed by atoms with Crippen molar-refractivity contribution in [2.45, 2.75) is 48.0 Å². The van der Waals surface area contributed by atoms with E-state index in [1.54, 1.807) is 0 Å². The van der Waals surface area contributed by atoms with Crippen LogP contribution in [0.4, 0.5) is 0 Å². The van der Waals surface area contributed by atoms with E-state index in [1.165, 1.54) is 76.8 Å². The summed E-state index contributed by atoms with van der Waals surface area (Å²) < 4.78 is 4.93. The third-order valence-corrected chi connectivity index (χ3v) is 7.54. The Labute approximate surface area is 189 Å². The molecule has 6 rings (SSSR count). The van der Waals surface area contributed by atoms with Crippen molar-refractivity contribution in [2.75, 3.05) is 0 Å². The second kappa shape index (κ2) is 6.45. The van der Waals surface area contributed by atoms with Gasteiger partial charge in [0.25, 0.3) is 0 Å². The normalized spacial score (nSPS) is 12.6. The van der Waals surface area contributed by atoms with Crippen molar-refractivity contribution >= 4 is 49.0 Å². The minimum atomic E-state index is 0.610. The van der Waals surface area contributed by atoms with Crippen LogP contribution in [0, 0.1) is 33.6 Å². The van der Waals surface area contributed by atoms with E-state index in [0.717, 1.165) is 6.42 Å². The minimum absolute atomic E-state index is 0.610. The summed E-state index contributed by atoms with van der Waals surface area (Å²) in [6.07, 6.45) is 3.34. The van der Waals surface area contributed by atoms with Crippen molar-refractivity contribution in [2.24, 2.45) is 13.0 Å². The van der Waals surface area contributed by atoms with Gasteiger partial charge in [-0.15, -0.1) is 0 Å². The Bertz CT molecular complexity index is 1710. The molecule has 0 fully saturated rings. The van der Waals surface area contributed by atoms with Gasteiger partial charge in [0, 0.05) is 16.8 Å². The molecular weight excluding hydrogens is 388 g/mol. The largest absolute Gasteiger partial charge is 0.307 e. The highest BCUT2D eigenvalue weighted by molar-refractivity contribution is 6.28. The van der Waals surface area contributed by atoms with E-state index in [-0.39, 0.29) is 0 Å². The van der Waals surface area contributed by atoms with E-state index < -0.39 is 0 Å². The number of hydrogen-bond acceptors (Lipinski definition) is 0. The lowest BCUT2D eigenvalue weighted by Gasteiger charge is -2.17. The summed E-state index contributed by atoms with van der Waals surface area (Å²) in [6, 6.07) is 14.0. The lowest BCUT2D eigenvalue weighted by Crippen LogP contribution is -2.29. The number of fused-ring (bicyclic) bond motifs is 6. The SMILES string of the molecule is Cc1cc(C)c2c(c1C)c1c3c(cc[n+]1C)cc(CC(C)C)c1c4c(C)cccc4n2c13. The molecule has 0 amide bonds. The minimum Gasteiger partial charge on any atom is -0.307 e. The fraction of sp³-hybridized carbons (Fsp3) is 0.300. The Morgan fingerprint density at radius 3 is 2.34 bits per heavy atom. The highest BCUT2D eigenvalue weighted by atomic mass is 15.0. The molecule has 32 heavy (non-hydrogen) atoms. The first-order valence-electron chi connectivity index (χ1n) is 11.8. The van der Waals surface area contributed by atoms with Crippen LogP contribution in [-0.2, 0) is 13.5 Å². The van der Waals surface area contributed by atoms with Gasteiger partial charge in [-0.25, -0.2) is 4.57 Å². The summed E-state index contributed by atoms with van der Waals surface area (Å²) in [4.78, 5) is 0. The van der Waals surface area contributed by atoms with Crippen LogP contribution < -0.4 is 4.57 Å². The van der Waals surface area contributed by atoms with E-state index in [0.29, 0.717) is 5.92 Å². The zero-order chi connectivity index (χ0) is 22.5. The first kappa shape index (κ1) is 19.5. The van der Waals surface area contributed by atoms with Crippen molar-refractivity contribution in [1.82, 2.24) is 4.40 Å². The molecule has 0 aliphatic heterocycles. The maximum atomic E-state index is 2.59. The zero-order valence-corrected chi connectivity index (χ0v) is 20.2. The average Bonchev–Trinajstić information content (AvgIpc) is 3.09. The summed E-state index contributed by atoms with van der Waals surface area (Å²) in [5, 5.41) is 7.01. The van der Waals surface area contributed by atoms with Gasteiger partial charge in [0.15, 0.2) is 6.20 Å². The van der Waals surface area contributed by atoms with Gasteiger partial charge < -0.3 is 4.40 Å². The van der Waals surface area contributed by atoms with Crippen molar-refractivity contribution < 1.29 is 4.57 Å². The van der Waals surface area contributed by atoms with Crippen LogP contribution >= 0.6 is 0 Å². The van der Waals surface area contributed by atoms with E-state index in [2.05, 4.69) is 100 Å². The molecule has 0 atom stereocenters. The molecule has 3 heterocycles. The molecule has 6 aromatic rings. The van der Waals surface area contributed by atoms with Crippen molar-refractivity contribution in [1.29, 1.82) is 0 Å². The van der Waals surface area contributed by atoms with Gasteiger partial charge >= 0.3 is 0 Å². The standard InChI is InChI=1S/C30H31N2/c1-16(2)13-22-15-21-11-12-31(7)29-25-20(6)18(4)14-19(5)28(25)32-23-10-8-9-17(3)24(23)26(22)30(32)27(21)29/h8-12,14-16H,13H2,1-7H3/q+1. The number of hydrogen-bond donors (Lipinski definition) is 0. The third-order valence-electron chi connectivity index (χ3n) is 7.54. The van der Waals surface area contributed by atoms with Gasteiger partial charge in [-0.3, -0.25) is 0 Å². The monoisotopic (exact) mass is 419 g/mol. The fourth-order valence-corrected chi connectivity index (χ4v) is 6.14. The Morgan fingerprint density at radius 1 is 0.812 bits per heavy atom. The lowest BCUT2D eigenvalue weighted by molar-refractivity contribution is -0.643. The lowest BCUT2D eigenvalue weighted by atomic mass is 9.91. The van der Waals surface area contributed by atoms with Crippen molar-refractivity contribution in [3.8, 4) is 0 Å². The predicted octanol–water partition coefficient (Wildman–Crippen LogP) is 7.25. The molecule has 0 saturated carbocycles. The molecule has 0 spiro atoms. The summed E-state index contributed by atoms with van der Waals surface area (Å²) in [6.45, 7) is 13.7. The molecule has 2 heteroatoms. The highest BCUT2D eigenvalue weighted by Gasteiger charge is 2.27. The molecule has 0 radical (unpaired) electrons. The molecular formula is C30H31N2+. The molecule has 0 aliphatic carbocycles. The first-order chi connectivity index (χ1) is 15.3. The smallest absolute Gasteiger partial charge is 0.224 e. The van der Waals surface area contributed by atoms with Gasteiger partial charge in [0.05, 0.1) is 27.3 Å². The van der Waals surface area contributed by atoms with Gasteiger partial charge in [0.2, 0.25) is 5.52 Å². The highest BCUT2D eigenvalue weighted by Crippen LogP contribution is 2.44. The Kier molecular flexibility index (Phi) is 3.94. The number of nitrogens with zero attached hydrogens (tertiary/aromatic N) is 2. The van der Waals surface area contributed by atoms with Gasteiger partial charge in [-0.1, -0.05) is 32.0 Å². The number of aromatic nitrogens is 2. The van der Waals surface area contributed by atoms with Gasteiger partial charge in [0.1, 0.15) is 7.05 Å². The molecule has 0 unspecified atom stereocenters. The summed E-state index contributed by atoms with van der Waals surface area (Å²) in [7, 11) is 2.20. The van der Waals surface area contributed by atoms with Crippen LogP contribution in [0.1, 0.15) is 41.7 Å². The van der Waals surface area contributed by atoms with E-state index >= 15 is 0 Å². The quantitative estimate of drug-likeness (QED) is 0.159. The topological polar surface area (TPSA) is 8.29 Å². The Morgan fingerprint density at radius 2 is 1.59 bits per heavy atom. The fourth-order valence-electron chi connectivity index (χ4n) is 6.14. The average molecular weight is 420 g/mol. The van der Waals surface area contributed by atoms with E-state index in [4.69, 9.17) is 0 Å². The Hall–Kier alpha value is -3.13. The molecule has 2 nitrogen and oxygen atoms in total. The van der Waals surface area contributed by atoms with Crippen LogP contribution in [0.2, 0.25) is 0 Å². The van der Waals surface area contributed by atoms with Crippen LogP contribution in [0.5, 0.6) is 0 Å². The Balaban J connectivity index is 2.10. The van der Waals surface area contributed by atoms with E-state index in [9.17, 15) is 0 Å². The molecule has 0 aliphatic rings. The molecule has 3 aromatic carbocycles. The second-order valence-corrected chi connectivity index (χ2v) is 10.3. The zero-order valence-electron chi connectivity index (χ0n) is 20.2. The maximum Gasteiger partial charge on any atom is 0.224 e. The molecule has 3 aromatic heterocycles. The van der Waals surface area contributed by atoms with Crippen LogP contribution in [0.15, 0.2) is 42.6 Å². The van der Waals surface area contributed by atoms with Crippen molar-refractivity contribution in [3.63, 3.8) is 0 Å². The van der Waals surface area contributed by atoms with Gasteiger partial charge in [-0.05, 0) is 85.4 Å². The summed E-state index contributed by atoms with van der Waals surface area (Å²) in [5.41, 5.74) is 12.4. The second-order valence-electron chi connectivity index (χ2n) is 10.3. The van der Waals surface area contributed by atoms with Crippen LogP contribution in [0.25, 0.3) is 49.0 Å². The van der Waals surface area contributed by atoms with E-state index in [1.807, 2.05) is 0 Å². The summed E-state index contributed by atoms with van der Waals surface area (Å²) >= 11 is 0. The number of aryl methyl sites for hydroxylation is 5. The number of benzene rings is 3. The van der Waals surface area contributed by atoms with Crippen LogP contribution in [-0.4, -0.2) is 4.40 Å². The third kappa shape index (κ3) is 2.33. The predicted molar refractivity (Wildman–Crippen MR) is 137 cm³/mol. The molecule has 0 saturated heterocycles. The van der Waals surface area contributed by atoms with Crippen LogP contribution in [0.3, 0.4) is 0 Å². The first-order valence-corrected chi connectivity index (χ1v) is 11.8. The molecule has 160 valence electrons. The van der Waals surface area contributed by atoms with Gasteiger partial charge in [-0.2, -0.15) is 0 Å².